The fraction of sp³-hybridized carbons (Fsp3) is 0.474. The first-order chi connectivity index (χ1) is 13.2. The van der Waals surface area contributed by atoms with Gasteiger partial charge in [0.05, 0.1) is 21.3 Å². The van der Waals surface area contributed by atoms with Crippen molar-refractivity contribution in [2.75, 3.05) is 41.5 Å². The smallest absolute Gasteiger partial charge is 0.203 e. The predicted octanol–water partition coefficient (Wildman–Crippen LogP) is 2.32. The van der Waals surface area contributed by atoms with Crippen LogP contribution in [0.25, 0.3) is 0 Å². The molecule has 2 aromatic rings. The number of guanidine groups is 1. The van der Waals surface area contributed by atoms with E-state index in [9.17, 15) is 0 Å². The number of aryl methyl sites for hydroxylation is 1. The normalized spacial score (nSPS) is 10.8. The Bertz CT molecular complexity index is 723. The summed E-state index contributed by atoms with van der Waals surface area (Å²) in [5, 5.41) is 10.8. The number of ether oxygens (including phenoxy) is 3. The molecule has 0 saturated heterocycles. The van der Waals surface area contributed by atoms with Gasteiger partial charge in [0.2, 0.25) is 5.75 Å². The van der Waals surface area contributed by atoms with Gasteiger partial charge in [0.15, 0.2) is 17.5 Å². The van der Waals surface area contributed by atoms with E-state index >= 15 is 0 Å². The summed E-state index contributed by atoms with van der Waals surface area (Å²) in [4.78, 5) is 4.25. The first-order valence-corrected chi connectivity index (χ1v) is 8.93. The molecule has 0 amide bonds. The number of hydrogen-bond donors (Lipinski definition) is 2. The molecule has 0 radical (unpaired) electrons. The van der Waals surface area contributed by atoms with Crippen molar-refractivity contribution in [3.8, 4) is 17.2 Å². The number of aromatic nitrogens is 2. The molecule has 28 heavy (non-hydrogen) atoms. The molecular formula is C19H30IN5O3. The third-order valence-electron chi connectivity index (χ3n) is 4.11. The highest BCUT2D eigenvalue weighted by molar-refractivity contribution is 14.0. The third-order valence-corrected chi connectivity index (χ3v) is 4.11. The van der Waals surface area contributed by atoms with Crippen LogP contribution in [0.5, 0.6) is 17.2 Å². The van der Waals surface area contributed by atoms with Crippen LogP contribution in [-0.4, -0.2) is 57.2 Å². The zero-order chi connectivity index (χ0) is 19.5. The van der Waals surface area contributed by atoms with Crippen LogP contribution >= 0.6 is 24.0 Å². The lowest BCUT2D eigenvalue weighted by atomic mass is 10.1. The fourth-order valence-electron chi connectivity index (χ4n) is 2.78. The molecule has 2 rings (SSSR count). The maximum Gasteiger partial charge on any atom is 0.203 e. The Morgan fingerprint density at radius 2 is 1.82 bits per heavy atom. The molecule has 9 heteroatoms. The van der Waals surface area contributed by atoms with Crippen LogP contribution in [0.2, 0.25) is 0 Å². The molecular weight excluding hydrogens is 473 g/mol. The van der Waals surface area contributed by atoms with Crippen molar-refractivity contribution in [1.82, 2.24) is 20.4 Å². The number of nitrogens with zero attached hydrogens (tertiary/aromatic N) is 3. The van der Waals surface area contributed by atoms with Crippen LogP contribution in [0.1, 0.15) is 12.0 Å². The zero-order valence-corrected chi connectivity index (χ0v) is 19.2. The molecule has 0 atom stereocenters. The third kappa shape index (κ3) is 6.77. The van der Waals surface area contributed by atoms with Crippen LogP contribution in [-0.2, 0) is 13.0 Å². The highest BCUT2D eigenvalue weighted by Crippen LogP contribution is 2.39. The summed E-state index contributed by atoms with van der Waals surface area (Å²) in [6.45, 7) is 2.41. The molecule has 156 valence electrons. The minimum atomic E-state index is 0. The Morgan fingerprint density at radius 3 is 2.43 bits per heavy atom. The lowest BCUT2D eigenvalue weighted by Gasteiger charge is -2.16. The standard InChI is InChI=1S/C19H29N5O3.HI/c1-20-19(21-10-5-13-24-14-6-11-23-24)22-12-9-15-7-8-16(25-2)18(27-4)17(15)26-3;/h6-8,11,14H,5,9-10,12-13H2,1-4H3,(H2,20,21,22);1H. The fourth-order valence-corrected chi connectivity index (χ4v) is 2.78. The number of aliphatic imine (C=N–C) groups is 1. The summed E-state index contributed by atoms with van der Waals surface area (Å²) < 4.78 is 18.2. The molecule has 1 heterocycles. The average molecular weight is 503 g/mol. The van der Waals surface area contributed by atoms with E-state index in [4.69, 9.17) is 14.2 Å². The molecule has 8 nitrogen and oxygen atoms in total. The van der Waals surface area contributed by atoms with Gasteiger partial charge in [-0.3, -0.25) is 9.67 Å². The lowest BCUT2D eigenvalue weighted by molar-refractivity contribution is 0.322. The van der Waals surface area contributed by atoms with E-state index < -0.39 is 0 Å². The summed E-state index contributed by atoms with van der Waals surface area (Å²) in [5.41, 5.74) is 1.04. The summed E-state index contributed by atoms with van der Waals surface area (Å²) in [5.74, 6) is 2.73. The van der Waals surface area contributed by atoms with Crippen molar-refractivity contribution in [2.45, 2.75) is 19.4 Å². The SMILES string of the molecule is CN=C(NCCCn1cccn1)NCCc1ccc(OC)c(OC)c1OC.I. The van der Waals surface area contributed by atoms with Crippen molar-refractivity contribution in [3.63, 3.8) is 0 Å². The molecule has 0 aliphatic heterocycles. The number of halogens is 1. The van der Waals surface area contributed by atoms with Crippen LogP contribution in [0.15, 0.2) is 35.6 Å². The Morgan fingerprint density at radius 1 is 1.07 bits per heavy atom. The van der Waals surface area contributed by atoms with E-state index in [1.807, 2.05) is 29.1 Å². The minimum absolute atomic E-state index is 0. The van der Waals surface area contributed by atoms with Crippen molar-refractivity contribution in [3.05, 3.63) is 36.2 Å². The van der Waals surface area contributed by atoms with Gasteiger partial charge in [-0.2, -0.15) is 5.10 Å². The van der Waals surface area contributed by atoms with Crippen molar-refractivity contribution >= 4 is 29.9 Å². The van der Waals surface area contributed by atoms with E-state index in [0.717, 1.165) is 37.5 Å². The van der Waals surface area contributed by atoms with Crippen molar-refractivity contribution in [2.24, 2.45) is 4.99 Å². The van der Waals surface area contributed by atoms with Crippen LogP contribution < -0.4 is 24.8 Å². The van der Waals surface area contributed by atoms with Gasteiger partial charge in [-0.1, -0.05) is 6.07 Å². The molecule has 0 aliphatic rings. The van der Waals surface area contributed by atoms with Crippen molar-refractivity contribution in [1.29, 1.82) is 0 Å². The number of methoxy groups -OCH3 is 3. The Hall–Kier alpha value is -2.17. The minimum Gasteiger partial charge on any atom is -0.493 e. The average Bonchev–Trinajstić information content (AvgIpc) is 3.22. The molecule has 0 saturated carbocycles. The molecule has 0 spiro atoms. The molecule has 1 aromatic heterocycles. The van der Waals surface area contributed by atoms with Gasteiger partial charge in [0.1, 0.15) is 0 Å². The maximum atomic E-state index is 5.52. The molecule has 0 unspecified atom stereocenters. The van der Waals surface area contributed by atoms with E-state index in [-0.39, 0.29) is 24.0 Å². The monoisotopic (exact) mass is 503 g/mol. The quantitative estimate of drug-likeness (QED) is 0.224. The lowest BCUT2D eigenvalue weighted by Crippen LogP contribution is -2.39. The Kier molecular flexibility index (Phi) is 11.2. The Labute approximate surface area is 183 Å². The van der Waals surface area contributed by atoms with Gasteiger partial charge in [0.25, 0.3) is 0 Å². The van der Waals surface area contributed by atoms with Gasteiger partial charge >= 0.3 is 0 Å². The topological polar surface area (TPSA) is 81.9 Å². The van der Waals surface area contributed by atoms with Gasteiger partial charge in [-0.25, -0.2) is 0 Å². The summed E-state index contributed by atoms with van der Waals surface area (Å²) >= 11 is 0. The molecule has 0 fully saturated rings. The molecule has 2 N–H and O–H groups in total. The summed E-state index contributed by atoms with van der Waals surface area (Å²) in [6.07, 6.45) is 5.48. The van der Waals surface area contributed by atoms with Gasteiger partial charge in [0, 0.05) is 44.6 Å². The number of hydrogen-bond acceptors (Lipinski definition) is 5. The van der Waals surface area contributed by atoms with Gasteiger partial charge in [-0.15, -0.1) is 24.0 Å². The van der Waals surface area contributed by atoms with Gasteiger partial charge in [-0.05, 0) is 25.0 Å². The van der Waals surface area contributed by atoms with E-state index in [2.05, 4.69) is 20.7 Å². The zero-order valence-electron chi connectivity index (χ0n) is 16.9. The van der Waals surface area contributed by atoms with Crippen LogP contribution in [0, 0.1) is 0 Å². The van der Waals surface area contributed by atoms with Crippen molar-refractivity contribution < 1.29 is 14.2 Å². The van der Waals surface area contributed by atoms with Gasteiger partial charge < -0.3 is 24.8 Å². The predicted molar refractivity (Wildman–Crippen MR) is 121 cm³/mol. The van der Waals surface area contributed by atoms with E-state index in [0.29, 0.717) is 23.8 Å². The second-order valence-corrected chi connectivity index (χ2v) is 5.79. The van der Waals surface area contributed by atoms with Crippen LogP contribution in [0.3, 0.4) is 0 Å². The summed E-state index contributed by atoms with van der Waals surface area (Å²) in [7, 11) is 6.62. The van der Waals surface area contributed by atoms with E-state index in [1.165, 1.54) is 0 Å². The highest BCUT2D eigenvalue weighted by atomic mass is 127. The number of nitrogens with one attached hydrogen (secondary N) is 2. The Balaban J connectivity index is 0.00000392. The molecule has 1 aromatic carbocycles. The molecule has 0 aliphatic carbocycles. The first-order valence-electron chi connectivity index (χ1n) is 8.93. The maximum absolute atomic E-state index is 5.52. The summed E-state index contributed by atoms with van der Waals surface area (Å²) in [6, 6.07) is 5.80. The second kappa shape index (κ2) is 13.1. The largest absolute Gasteiger partial charge is 0.493 e. The first kappa shape index (κ1) is 23.9. The van der Waals surface area contributed by atoms with Crippen LogP contribution in [0.4, 0.5) is 0 Å². The number of benzene rings is 1. The van der Waals surface area contributed by atoms with E-state index in [1.54, 1.807) is 34.6 Å². The second-order valence-electron chi connectivity index (χ2n) is 5.79. The number of rotatable bonds is 10. The molecule has 0 bridgehead atoms. The highest BCUT2D eigenvalue weighted by Gasteiger charge is 2.15.